The smallest absolute Gasteiger partial charge is 0.493 e. The first-order valence-electron chi connectivity index (χ1n) is 15.2. The Kier molecular flexibility index (Phi) is 12.3. The first-order valence-corrected chi connectivity index (χ1v) is 16.6. The number of rotatable bonds is 16. The van der Waals surface area contributed by atoms with Crippen molar-refractivity contribution in [1.29, 1.82) is 0 Å². The van der Waals surface area contributed by atoms with Gasteiger partial charge in [-0.1, -0.05) is 50.8 Å². The zero-order valence-corrected chi connectivity index (χ0v) is 27.9. The molecule has 0 aliphatic rings. The third-order valence-corrected chi connectivity index (χ3v) is 8.67. The second kappa shape index (κ2) is 16.5. The Morgan fingerprint density at radius 2 is 1.64 bits per heavy atom. The molecule has 0 spiro atoms. The van der Waals surface area contributed by atoms with Crippen molar-refractivity contribution < 1.29 is 36.9 Å². The van der Waals surface area contributed by atoms with Gasteiger partial charge in [0.05, 0.1) is 20.8 Å². The lowest BCUT2D eigenvalue weighted by molar-refractivity contribution is 0.0315. The summed E-state index contributed by atoms with van der Waals surface area (Å²) in [5, 5.41) is -0.325. The third kappa shape index (κ3) is 8.85. The van der Waals surface area contributed by atoms with Crippen LogP contribution in [-0.4, -0.2) is 61.6 Å². The Balaban J connectivity index is 1.86. The van der Waals surface area contributed by atoms with Crippen molar-refractivity contribution in [3.8, 4) is 34.5 Å². The third-order valence-electron chi connectivity index (χ3n) is 6.91. The van der Waals surface area contributed by atoms with Gasteiger partial charge in [-0.05, 0) is 56.2 Å². The summed E-state index contributed by atoms with van der Waals surface area (Å²) in [6.45, 7) is 5.39. The normalized spacial score (nSPS) is 11.8. The van der Waals surface area contributed by atoms with E-state index < -0.39 is 22.4 Å². The number of ether oxygens (including phenoxy) is 5. The molecule has 3 aromatic heterocycles. The summed E-state index contributed by atoms with van der Waals surface area (Å²) >= 11 is 0. The second-order valence-corrected chi connectivity index (χ2v) is 12.2. The van der Waals surface area contributed by atoms with Crippen molar-refractivity contribution in [2.24, 2.45) is 0 Å². The van der Waals surface area contributed by atoms with Crippen molar-refractivity contribution in [1.82, 2.24) is 19.9 Å². The second-order valence-electron chi connectivity index (χ2n) is 10.4. The molecule has 0 saturated carbocycles. The summed E-state index contributed by atoms with van der Waals surface area (Å²) in [6, 6.07) is 13.0. The highest BCUT2D eigenvalue weighted by atomic mass is 32.2. The minimum Gasteiger partial charge on any atom is -0.493 e. The number of hydrogen-bond donors (Lipinski definition) is 0. The van der Waals surface area contributed by atoms with Crippen molar-refractivity contribution in [3.63, 3.8) is 0 Å². The predicted molar refractivity (Wildman–Crippen MR) is 174 cm³/mol. The highest BCUT2D eigenvalue weighted by molar-refractivity contribution is 7.92. The van der Waals surface area contributed by atoms with E-state index in [1.807, 2.05) is 0 Å². The zero-order valence-electron chi connectivity index (χ0n) is 27.1. The molecule has 4 rings (SSSR count). The maximum Gasteiger partial charge on any atom is 0.510 e. The number of carbonyl (C=O) groups is 1. The lowest BCUT2D eigenvalue weighted by Crippen LogP contribution is -2.42. The van der Waals surface area contributed by atoms with Crippen LogP contribution in [0.5, 0.6) is 23.1 Å². The molecule has 3 heterocycles. The fraction of sp³-hybridized carbons (Fsp3) is 0.364. The largest absolute Gasteiger partial charge is 0.510 e. The first-order chi connectivity index (χ1) is 22.7. The van der Waals surface area contributed by atoms with Gasteiger partial charge in [0.25, 0.3) is 15.9 Å². The van der Waals surface area contributed by atoms with E-state index in [1.165, 1.54) is 33.4 Å². The number of anilines is 1. The van der Waals surface area contributed by atoms with Gasteiger partial charge in [0, 0.05) is 24.2 Å². The average Bonchev–Trinajstić information content (AvgIpc) is 3.07. The van der Waals surface area contributed by atoms with Crippen LogP contribution in [0.3, 0.4) is 0 Å². The maximum atomic E-state index is 14.4. The van der Waals surface area contributed by atoms with Crippen LogP contribution in [0.25, 0.3) is 11.4 Å². The van der Waals surface area contributed by atoms with Crippen LogP contribution in [0.15, 0.2) is 72.1 Å². The number of aromatic nitrogens is 4. The number of sulfonamides is 1. The van der Waals surface area contributed by atoms with Gasteiger partial charge >= 0.3 is 6.16 Å². The van der Waals surface area contributed by atoms with Gasteiger partial charge in [-0.3, -0.25) is 4.98 Å². The number of nitrogens with zero attached hydrogens (tertiary/aromatic N) is 5. The SMILES string of the molecule is CCCCCCCOC(=O)OC(C)N(c1nc(-c2ccncc2)nc(OC)c1Oc1ccccc1OC)S(=O)(=O)c1ccc(C)cn1. The lowest BCUT2D eigenvalue weighted by atomic mass is 10.2. The number of unbranched alkanes of at least 4 members (excludes halogenated alkanes) is 4. The van der Waals surface area contributed by atoms with Crippen LogP contribution in [0.4, 0.5) is 10.6 Å². The Hall–Kier alpha value is -4.98. The molecule has 1 atom stereocenters. The molecule has 0 aliphatic carbocycles. The monoisotopic (exact) mass is 665 g/mol. The summed E-state index contributed by atoms with van der Waals surface area (Å²) in [6.07, 6.45) is 6.67. The number of pyridine rings is 2. The van der Waals surface area contributed by atoms with Crippen molar-refractivity contribution in [3.05, 3.63) is 72.7 Å². The van der Waals surface area contributed by atoms with E-state index in [0.717, 1.165) is 35.6 Å². The van der Waals surface area contributed by atoms with Crippen LogP contribution in [0.1, 0.15) is 51.5 Å². The molecule has 0 bridgehead atoms. The van der Waals surface area contributed by atoms with Crippen LogP contribution < -0.4 is 18.5 Å². The molecule has 14 heteroatoms. The van der Waals surface area contributed by atoms with Gasteiger partial charge in [-0.25, -0.2) is 19.1 Å². The summed E-state index contributed by atoms with van der Waals surface area (Å²) < 4.78 is 57.9. The molecule has 1 unspecified atom stereocenters. The molecular weight excluding hydrogens is 626 g/mol. The molecule has 1 aromatic carbocycles. The van der Waals surface area contributed by atoms with Gasteiger partial charge in [-0.15, -0.1) is 0 Å². The van der Waals surface area contributed by atoms with E-state index in [4.69, 9.17) is 23.7 Å². The quantitative estimate of drug-likeness (QED) is 0.0710. The number of methoxy groups -OCH3 is 2. The number of carbonyl (C=O) groups excluding carboxylic acids is 1. The molecule has 0 amide bonds. The zero-order chi connectivity index (χ0) is 33.8. The molecular formula is C33H39N5O8S. The molecule has 0 N–H and O–H groups in total. The van der Waals surface area contributed by atoms with Gasteiger partial charge in [0.15, 0.2) is 34.4 Å². The summed E-state index contributed by atoms with van der Waals surface area (Å²) in [4.78, 5) is 30.2. The average molecular weight is 666 g/mol. The number of para-hydroxylation sites is 2. The fourth-order valence-corrected chi connectivity index (χ4v) is 5.92. The molecule has 0 saturated heterocycles. The Labute approximate surface area is 274 Å². The Morgan fingerprint density at radius 1 is 0.915 bits per heavy atom. The maximum absolute atomic E-state index is 14.4. The van der Waals surface area contributed by atoms with Crippen molar-refractivity contribution in [2.45, 2.75) is 64.1 Å². The molecule has 13 nitrogen and oxygen atoms in total. The number of aryl methyl sites for hydroxylation is 1. The standard InChI is InChI=1S/C33H39N5O8S/c1-6-7-8-9-12-21-44-33(39)45-24(3)38(47(40,41)28-16-15-23(2)22-35-28)31-29(46-27-14-11-10-13-26(27)42-4)32(43-5)37-30(36-31)25-17-19-34-20-18-25/h10-11,13-20,22,24H,6-9,12,21H2,1-5H3. The highest BCUT2D eigenvalue weighted by Crippen LogP contribution is 2.44. The molecule has 4 aromatic rings. The van der Waals surface area contributed by atoms with E-state index in [0.29, 0.717) is 17.7 Å². The van der Waals surface area contributed by atoms with E-state index in [2.05, 4.69) is 26.9 Å². The van der Waals surface area contributed by atoms with Crippen LogP contribution in [-0.2, 0) is 19.5 Å². The highest BCUT2D eigenvalue weighted by Gasteiger charge is 2.39. The van der Waals surface area contributed by atoms with Crippen LogP contribution in [0.2, 0.25) is 0 Å². The van der Waals surface area contributed by atoms with Crippen LogP contribution >= 0.6 is 0 Å². The molecule has 0 radical (unpaired) electrons. The molecule has 47 heavy (non-hydrogen) atoms. The fourth-order valence-electron chi connectivity index (χ4n) is 4.51. The number of benzene rings is 1. The molecule has 250 valence electrons. The lowest BCUT2D eigenvalue weighted by Gasteiger charge is -2.30. The minimum atomic E-state index is -4.59. The first kappa shape index (κ1) is 34.9. The summed E-state index contributed by atoms with van der Waals surface area (Å²) in [5.74, 6) is 0.0658. The molecule has 0 aliphatic heterocycles. The van der Waals surface area contributed by atoms with Gasteiger partial charge < -0.3 is 23.7 Å². The van der Waals surface area contributed by atoms with E-state index >= 15 is 0 Å². The Morgan fingerprint density at radius 3 is 2.30 bits per heavy atom. The van der Waals surface area contributed by atoms with Crippen molar-refractivity contribution >= 4 is 22.0 Å². The molecule has 0 fully saturated rings. The van der Waals surface area contributed by atoms with E-state index in [-0.39, 0.29) is 40.7 Å². The predicted octanol–water partition coefficient (Wildman–Crippen LogP) is 6.72. The summed E-state index contributed by atoms with van der Waals surface area (Å²) in [5.41, 5.74) is 1.25. The van der Waals surface area contributed by atoms with E-state index in [9.17, 15) is 13.2 Å². The van der Waals surface area contributed by atoms with Crippen LogP contribution in [0, 0.1) is 6.92 Å². The van der Waals surface area contributed by atoms with E-state index in [1.54, 1.807) is 61.8 Å². The number of hydrogen-bond acceptors (Lipinski definition) is 12. The van der Waals surface area contributed by atoms with Gasteiger partial charge in [0.2, 0.25) is 5.75 Å². The van der Waals surface area contributed by atoms with Gasteiger partial charge in [0.1, 0.15) is 0 Å². The minimum absolute atomic E-state index is 0.0885. The van der Waals surface area contributed by atoms with Gasteiger partial charge in [-0.2, -0.15) is 13.4 Å². The van der Waals surface area contributed by atoms with Crippen molar-refractivity contribution in [2.75, 3.05) is 25.1 Å². The summed E-state index contributed by atoms with van der Waals surface area (Å²) in [7, 11) is -1.76. The topological polar surface area (TPSA) is 152 Å². The Bertz CT molecular complexity index is 1720.